The van der Waals surface area contributed by atoms with E-state index in [2.05, 4.69) is 5.16 Å². The molecule has 0 unspecified atom stereocenters. The molecule has 2 nitrogen and oxygen atoms in total. The van der Waals surface area contributed by atoms with Gasteiger partial charge in [0, 0.05) is 10.6 Å². The van der Waals surface area contributed by atoms with E-state index in [9.17, 15) is 0 Å². The first kappa shape index (κ1) is 8.57. The zero-order chi connectivity index (χ0) is 9.26. The van der Waals surface area contributed by atoms with Crippen LogP contribution in [0.3, 0.4) is 0 Å². The van der Waals surface area contributed by atoms with Gasteiger partial charge in [-0.15, -0.1) is 0 Å². The molecule has 0 bridgehead atoms. The maximum Gasteiger partial charge on any atom is 0.0870 e. The van der Waals surface area contributed by atoms with Gasteiger partial charge in [0.2, 0.25) is 0 Å². The summed E-state index contributed by atoms with van der Waals surface area (Å²) in [6.45, 7) is 0. The SMILES string of the molecule is O/N=C1/CCCc2cc(Cl)ccc21. The highest BCUT2D eigenvalue weighted by atomic mass is 35.5. The number of oxime groups is 1. The van der Waals surface area contributed by atoms with Gasteiger partial charge in [0.25, 0.3) is 0 Å². The van der Waals surface area contributed by atoms with E-state index in [4.69, 9.17) is 16.8 Å². The van der Waals surface area contributed by atoms with E-state index < -0.39 is 0 Å². The molecule has 0 atom stereocenters. The molecule has 1 N–H and O–H groups in total. The van der Waals surface area contributed by atoms with Gasteiger partial charge in [0.15, 0.2) is 0 Å². The maximum absolute atomic E-state index is 8.76. The molecule has 0 fully saturated rings. The summed E-state index contributed by atoms with van der Waals surface area (Å²) in [6, 6.07) is 5.70. The highest BCUT2D eigenvalue weighted by molar-refractivity contribution is 6.30. The van der Waals surface area contributed by atoms with E-state index >= 15 is 0 Å². The molecule has 0 heterocycles. The minimum absolute atomic E-state index is 0.748. The number of aryl methyl sites for hydroxylation is 1. The molecule has 1 aliphatic carbocycles. The van der Waals surface area contributed by atoms with E-state index in [1.54, 1.807) is 0 Å². The van der Waals surface area contributed by atoms with Crippen LogP contribution in [0.1, 0.15) is 24.0 Å². The number of benzene rings is 1. The molecule has 2 rings (SSSR count). The predicted molar refractivity (Wildman–Crippen MR) is 52.7 cm³/mol. The standard InChI is InChI=1S/C10H10ClNO/c11-8-4-5-9-7(6-8)2-1-3-10(9)12-13/h4-6,13H,1-3H2/b12-10-. The second kappa shape index (κ2) is 3.38. The number of fused-ring (bicyclic) bond motifs is 1. The van der Waals surface area contributed by atoms with E-state index in [1.165, 1.54) is 5.56 Å². The molecule has 0 aromatic heterocycles. The highest BCUT2D eigenvalue weighted by Gasteiger charge is 2.15. The molecular formula is C10H10ClNO. The molecule has 0 saturated heterocycles. The number of rotatable bonds is 0. The number of hydrogen-bond acceptors (Lipinski definition) is 2. The van der Waals surface area contributed by atoms with Crippen LogP contribution in [0.2, 0.25) is 5.02 Å². The lowest BCUT2D eigenvalue weighted by atomic mass is 9.90. The van der Waals surface area contributed by atoms with Gasteiger partial charge in [-0.1, -0.05) is 22.8 Å². The summed E-state index contributed by atoms with van der Waals surface area (Å²) in [5.41, 5.74) is 3.00. The molecule has 13 heavy (non-hydrogen) atoms. The Morgan fingerprint density at radius 1 is 1.31 bits per heavy atom. The molecule has 0 radical (unpaired) electrons. The van der Waals surface area contributed by atoms with Gasteiger partial charge in [0.05, 0.1) is 5.71 Å². The van der Waals surface area contributed by atoms with Crippen molar-refractivity contribution in [3.05, 3.63) is 34.3 Å². The van der Waals surface area contributed by atoms with Gasteiger partial charge < -0.3 is 5.21 Å². The lowest BCUT2D eigenvalue weighted by Gasteiger charge is -2.16. The lowest BCUT2D eigenvalue weighted by Crippen LogP contribution is -2.11. The molecule has 0 saturated carbocycles. The van der Waals surface area contributed by atoms with Gasteiger partial charge in [-0.25, -0.2) is 0 Å². The topological polar surface area (TPSA) is 32.6 Å². The minimum atomic E-state index is 0.748. The van der Waals surface area contributed by atoms with Crippen molar-refractivity contribution in [1.82, 2.24) is 0 Å². The first-order valence-corrected chi connectivity index (χ1v) is 4.69. The highest BCUT2D eigenvalue weighted by Crippen LogP contribution is 2.24. The Morgan fingerprint density at radius 2 is 2.15 bits per heavy atom. The van der Waals surface area contributed by atoms with Crippen molar-refractivity contribution < 1.29 is 5.21 Å². The third-order valence-corrected chi connectivity index (χ3v) is 2.59. The molecule has 0 spiro atoms. The van der Waals surface area contributed by atoms with Gasteiger partial charge in [-0.3, -0.25) is 0 Å². The second-order valence-corrected chi connectivity index (χ2v) is 3.64. The average molecular weight is 196 g/mol. The van der Waals surface area contributed by atoms with Crippen LogP contribution < -0.4 is 0 Å². The van der Waals surface area contributed by atoms with Crippen molar-refractivity contribution in [1.29, 1.82) is 0 Å². The van der Waals surface area contributed by atoms with Gasteiger partial charge in [-0.2, -0.15) is 0 Å². The first-order valence-electron chi connectivity index (χ1n) is 4.31. The molecule has 3 heteroatoms. The quantitative estimate of drug-likeness (QED) is 0.501. The predicted octanol–water partition coefficient (Wildman–Crippen LogP) is 2.85. The largest absolute Gasteiger partial charge is 0.411 e. The number of halogens is 1. The summed E-state index contributed by atoms with van der Waals surface area (Å²) < 4.78 is 0. The van der Waals surface area contributed by atoms with Crippen LogP contribution in [0.25, 0.3) is 0 Å². The van der Waals surface area contributed by atoms with Gasteiger partial charge in [-0.05, 0) is 37.0 Å². The summed E-state index contributed by atoms with van der Waals surface area (Å²) in [5, 5.41) is 12.8. The Bertz CT molecular complexity index is 360. The zero-order valence-electron chi connectivity index (χ0n) is 7.13. The van der Waals surface area contributed by atoms with E-state index in [1.807, 2.05) is 18.2 Å². The zero-order valence-corrected chi connectivity index (χ0v) is 7.88. The lowest BCUT2D eigenvalue weighted by molar-refractivity contribution is 0.317. The summed E-state index contributed by atoms with van der Waals surface area (Å²) in [5.74, 6) is 0. The fourth-order valence-electron chi connectivity index (χ4n) is 1.74. The fraction of sp³-hybridized carbons (Fsp3) is 0.300. The van der Waals surface area contributed by atoms with Gasteiger partial charge >= 0.3 is 0 Å². The molecule has 0 amide bonds. The Kier molecular flexibility index (Phi) is 2.23. The summed E-state index contributed by atoms with van der Waals surface area (Å²) in [6.07, 6.45) is 2.91. The third kappa shape index (κ3) is 1.54. The molecule has 1 aromatic carbocycles. The summed E-state index contributed by atoms with van der Waals surface area (Å²) in [4.78, 5) is 0. The van der Waals surface area contributed by atoms with Crippen LogP contribution in [0.5, 0.6) is 0 Å². The van der Waals surface area contributed by atoms with Crippen LogP contribution in [0.4, 0.5) is 0 Å². The van der Waals surface area contributed by atoms with Crippen molar-refractivity contribution in [3.63, 3.8) is 0 Å². The van der Waals surface area contributed by atoms with E-state index in [-0.39, 0.29) is 0 Å². The maximum atomic E-state index is 8.76. The van der Waals surface area contributed by atoms with Crippen LogP contribution in [0, 0.1) is 0 Å². The van der Waals surface area contributed by atoms with Gasteiger partial charge in [0.1, 0.15) is 0 Å². The molecule has 0 aliphatic heterocycles. The monoisotopic (exact) mass is 195 g/mol. The Morgan fingerprint density at radius 3 is 2.92 bits per heavy atom. The van der Waals surface area contributed by atoms with Crippen molar-refractivity contribution in [2.75, 3.05) is 0 Å². The van der Waals surface area contributed by atoms with Crippen LogP contribution in [0.15, 0.2) is 23.4 Å². The minimum Gasteiger partial charge on any atom is -0.411 e. The Balaban J connectivity index is 2.52. The first-order chi connectivity index (χ1) is 6.31. The summed E-state index contributed by atoms with van der Waals surface area (Å²) in [7, 11) is 0. The van der Waals surface area contributed by atoms with Crippen LogP contribution >= 0.6 is 11.6 Å². The van der Waals surface area contributed by atoms with Crippen LogP contribution in [-0.4, -0.2) is 10.9 Å². The number of nitrogens with zero attached hydrogens (tertiary/aromatic N) is 1. The Labute approximate surface area is 81.8 Å². The average Bonchev–Trinajstić information content (AvgIpc) is 2.16. The third-order valence-electron chi connectivity index (χ3n) is 2.36. The molecule has 1 aliphatic rings. The number of hydrogen-bond donors (Lipinski definition) is 1. The van der Waals surface area contributed by atoms with Crippen LogP contribution in [-0.2, 0) is 6.42 Å². The summed E-state index contributed by atoms with van der Waals surface area (Å²) >= 11 is 5.87. The van der Waals surface area contributed by atoms with E-state index in [0.717, 1.165) is 35.6 Å². The van der Waals surface area contributed by atoms with Crippen molar-refractivity contribution in [2.45, 2.75) is 19.3 Å². The molecule has 68 valence electrons. The van der Waals surface area contributed by atoms with Crippen molar-refractivity contribution >= 4 is 17.3 Å². The molecular weight excluding hydrogens is 186 g/mol. The second-order valence-electron chi connectivity index (χ2n) is 3.20. The van der Waals surface area contributed by atoms with E-state index in [0.29, 0.717) is 0 Å². The Hall–Kier alpha value is -1.02. The van der Waals surface area contributed by atoms with Crippen molar-refractivity contribution in [2.24, 2.45) is 5.16 Å². The molecule has 1 aromatic rings. The normalized spacial score (nSPS) is 18.7. The smallest absolute Gasteiger partial charge is 0.0870 e. The fourth-order valence-corrected chi connectivity index (χ4v) is 1.93. The van der Waals surface area contributed by atoms with Crippen molar-refractivity contribution in [3.8, 4) is 0 Å².